The molecule has 0 atom stereocenters. The van der Waals surface area contributed by atoms with Gasteiger partial charge in [-0.25, -0.2) is 14.5 Å². The van der Waals surface area contributed by atoms with Gasteiger partial charge in [0.1, 0.15) is 10.5 Å². The minimum atomic E-state index is 0.504. The number of pyridine rings is 1. The van der Waals surface area contributed by atoms with Crippen molar-refractivity contribution < 1.29 is 4.74 Å². The van der Waals surface area contributed by atoms with Crippen molar-refractivity contribution in [3.63, 3.8) is 0 Å². The fourth-order valence-corrected chi connectivity index (χ4v) is 3.25. The Kier molecular flexibility index (Phi) is 4.21. The summed E-state index contributed by atoms with van der Waals surface area (Å²) < 4.78 is 7.65. The normalized spacial score (nSPS) is 15.8. The molecule has 0 aliphatic carbocycles. The van der Waals surface area contributed by atoms with Gasteiger partial charge >= 0.3 is 0 Å². The van der Waals surface area contributed by atoms with Crippen LogP contribution in [0.15, 0.2) is 43.0 Å². The maximum absolute atomic E-state index is 6.08. The third-order valence-electron chi connectivity index (χ3n) is 4.40. The maximum Gasteiger partial charge on any atom is 0.232 e. The lowest BCUT2D eigenvalue weighted by atomic mass is 9.98. The number of halogens is 1. The van der Waals surface area contributed by atoms with Gasteiger partial charge < -0.3 is 9.64 Å². The molecule has 124 valence electrons. The summed E-state index contributed by atoms with van der Waals surface area (Å²) in [6.45, 7) is 2.57. The summed E-state index contributed by atoms with van der Waals surface area (Å²) in [5, 5.41) is 4.83. The predicted octanol–water partition coefficient (Wildman–Crippen LogP) is 3.07. The summed E-state index contributed by atoms with van der Waals surface area (Å²) in [6.07, 6.45) is 9.28. The van der Waals surface area contributed by atoms with E-state index < -0.39 is 0 Å². The van der Waals surface area contributed by atoms with Gasteiger partial charge in [-0.1, -0.05) is 11.6 Å². The van der Waals surface area contributed by atoms with Gasteiger partial charge in [0.2, 0.25) is 5.88 Å². The van der Waals surface area contributed by atoms with Crippen LogP contribution < -0.4 is 9.64 Å². The zero-order valence-electron chi connectivity index (χ0n) is 13.2. The van der Waals surface area contributed by atoms with Crippen LogP contribution in [0, 0.1) is 5.92 Å². The molecule has 0 saturated carbocycles. The molecule has 24 heavy (non-hydrogen) atoms. The van der Waals surface area contributed by atoms with Gasteiger partial charge in [-0.2, -0.15) is 5.10 Å². The molecule has 4 heterocycles. The van der Waals surface area contributed by atoms with Crippen molar-refractivity contribution >= 4 is 22.9 Å². The van der Waals surface area contributed by atoms with E-state index in [1.807, 2.05) is 16.8 Å². The van der Waals surface area contributed by atoms with Crippen LogP contribution in [0.25, 0.3) is 5.52 Å². The number of aromatic nitrogens is 4. The maximum atomic E-state index is 6.08. The highest BCUT2D eigenvalue weighted by atomic mass is 35.5. The summed E-state index contributed by atoms with van der Waals surface area (Å²) in [7, 11) is 0. The van der Waals surface area contributed by atoms with Crippen molar-refractivity contribution in [2.24, 2.45) is 5.92 Å². The second kappa shape index (κ2) is 6.65. The molecule has 6 nitrogen and oxygen atoms in total. The van der Waals surface area contributed by atoms with Crippen LogP contribution in [0.4, 0.5) is 5.82 Å². The van der Waals surface area contributed by atoms with Crippen LogP contribution >= 0.6 is 11.6 Å². The fraction of sp³-hybridized carbons (Fsp3) is 0.353. The second-order valence-electron chi connectivity index (χ2n) is 5.94. The van der Waals surface area contributed by atoms with Crippen LogP contribution in [0.5, 0.6) is 5.88 Å². The molecule has 0 unspecified atom stereocenters. The Bertz CT molecular complexity index is 828. The molecule has 0 amide bonds. The van der Waals surface area contributed by atoms with E-state index in [9.17, 15) is 0 Å². The molecule has 0 N–H and O–H groups in total. The second-order valence-corrected chi connectivity index (χ2v) is 6.35. The molecule has 0 bridgehead atoms. The number of hydrogen-bond acceptors (Lipinski definition) is 5. The van der Waals surface area contributed by atoms with E-state index in [4.69, 9.17) is 16.3 Å². The van der Waals surface area contributed by atoms with E-state index in [1.165, 1.54) is 0 Å². The van der Waals surface area contributed by atoms with Crippen LogP contribution in [0.1, 0.15) is 12.8 Å². The molecule has 1 saturated heterocycles. The van der Waals surface area contributed by atoms with E-state index >= 15 is 0 Å². The Morgan fingerprint density at radius 2 is 2.00 bits per heavy atom. The number of rotatable bonds is 4. The van der Waals surface area contributed by atoms with Crippen LogP contribution in [0.2, 0.25) is 5.02 Å². The zero-order chi connectivity index (χ0) is 16.4. The molecule has 7 heteroatoms. The first-order chi connectivity index (χ1) is 11.8. The number of fused-ring (bicyclic) bond motifs is 1. The first-order valence-electron chi connectivity index (χ1n) is 8.08. The smallest absolute Gasteiger partial charge is 0.232 e. The molecule has 1 aliphatic heterocycles. The van der Waals surface area contributed by atoms with Crippen molar-refractivity contribution in [3.05, 3.63) is 48.0 Å². The van der Waals surface area contributed by atoms with Crippen LogP contribution in [-0.4, -0.2) is 39.3 Å². The lowest BCUT2D eigenvalue weighted by Gasteiger charge is -2.32. The van der Waals surface area contributed by atoms with Crippen LogP contribution in [-0.2, 0) is 0 Å². The van der Waals surface area contributed by atoms with Crippen molar-refractivity contribution in [2.45, 2.75) is 12.8 Å². The van der Waals surface area contributed by atoms with E-state index in [0.717, 1.165) is 37.3 Å². The van der Waals surface area contributed by atoms with E-state index in [0.29, 0.717) is 23.4 Å². The molecule has 4 rings (SSSR count). The SMILES string of the molecule is Clc1cccnc1OCC1CCN(c2nccn3nccc23)CC1. The molecule has 0 aromatic carbocycles. The van der Waals surface area contributed by atoms with E-state index in [-0.39, 0.29) is 0 Å². The Morgan fingerprint density at radius 1 is 1.12 bits per heavy atom. The summed E-state index contributed by atoms with van der Waals surface area (Å²) in [4.78, 5) is 11.0. The lowest BCUT2D eigenvalue weighted by Crippen LogP contribution is -2.36. The average Bonchev–Trinajstić information content (AvgIpc) is 3.10. The number of hydrogen-bond donors (Lipinski definition) is 0. The largest absolute Gasteiger partial charge is 0.476 e. The topological polar surface area (TPSA) is 55.5 Å². The Balaban J connectivity index is 1.37. The van der Waals surface area contributed by atoms with Crippen LogP contribution in [0.3, 0.4) is 0 Å². The van der Waals surface area contributed by atoms with Gasteiger partial charge in [0.15, 0.2) is 5.82 Å². The van der Waals surface area contributed by atoms with Crippen molar-refractivity contribution in [3.8, 4) is 5.88 Å². The minimum absolute atomic E-state index is 0.504. The third kappa shape index (κ3) is 3.01. The molecule has 0 radical (unpaired) electrons. The van der Waals surface area contributed by atoms with Gasteiger partial charge in [0, 0.05) is 31.7 Å². The highest BCUT2D eigenvalue weighted by Gasteiger charge is 2.22. The summed E-state index contributed by atoms with van der Waals surface area (Å²) in [5.41, 5.74) is 1.05. The summed E-state index contributed by atoms with van der Waals surface area (Å²) in [5.74, 6) is 2.03. The minimum Gasteiger partial charge on any atom is -0.476 e. The number of anilines is 1. The molecule has 3 aromatic rings. The lowest BCUT2D eigenvalue weighted by molar-refractivity contribution is 0.216. The molecular weight excluding hydrogens is 326 g/mol. The predicted molar refractivity (Wildman–Crippen MR) is 92.7 cm³/mol. The standard InChI is InChI=1S/C17H18ClN5O/c18-14-2-1-6-20-17(14)24-12-13-4-9-22(10-5-13)16-15-3-7-21-23(15)11-8-19-16/h1-3,6-8,11,13H,4-5,9-10,12H2. The average molecular weight is 344 g/mol. The molecule has 3 aromatic heterocycles. The van der Waals surface area contributed by atoms with Crippen molar-refractivity contribution in [1.29, 1.82) is 0 Å². The van der Waals surface area contributed by atoms with Crippen molar-refractivity contribution in [1.82, 2.24) is 19.6 Å². The molecular formula is C17H18ClN5O. The Hall–Kier alpha value is -2.34. The Labute approximate surface area is 145 Å². The first kappa shape index (κ1) is 15.2. The fourth-order valence-electron chi connectivity index (χ4n) is 3.07. The molecule has 1 fully saturated rings. The van der Waals surface area contributed by atoms with Gasteiger partial charge in [0.25, 0.3) is 0 Å². The van der Waals surface area contributed by atoms with Crippen molar-refractivity contribution in [2.75, 3.05) is 24.6 Å². The third-order valence-corrected chi connectivity index (χ3v) is 4.69. The number of ether oxygens (including phenoxy) is 1. The van der Waals surface area contributed by atoms with Gasteiger partial charge in [-0.3, -0.25) is 0 Å². The van der Waals surface area contributed by atoms with Gasteiger partial charge in [-0.05, 0) is 37.0 Å². The molecule has 0 spiro atoms. The van der Waals surface area contributed by atoms with E-state index in [2.05, 4.69) is 20.0 Å². The van der Waals surface area contributed by atoms with Gasteiger partial charge in [-0.15, -0.1) is 0 Å². The summed E-state index contributed by atoms with van der Waals surface area (Å²) in [6, 6.07) is 5.60. The molecule has 1 aliphatic rings. The highest BCUT2D eigenvalue weighted by molar-refractivity contribution is 6.31. The quantitative estimate of drug-likeness (QED) is 0.728. The zero-order valence-corrected chi connectivity index (χ0v) is 13.9. The number of piperidine rings is 1. The number of nitrogens with zero attached hydrogens (tertiary/aromatic N) is 5. The summed E-state index contributed by atoms with van der Waals surface area (Å²) >= 11 is 6.08. The first-order valence-corrected chi connectivity index (χ1v) is 8.45. The van der Waals surface area contributed by atoms with Gasteiger partial charge in [0.05, 0.1) is 12.8 Å². The highest BCUT2D eigenvalue weighted by Crippen LogP contribution is 2.26. The van der Waals surface area contributed by atoms with E-state index in [1.54, 1.807) is 30.7 Å². The Morgan fingerprint density at radius 3 is 2.83 bits per heavy atom. The monoisotopic (exact) mass is 343 g/mol.